The standard InChI is InChI=1S/C24H28N2O5/c1-14-13-25(23(29)31-24(3,4)5)16-9-6-7-10-17(16)26(14)22(28)21-15(2)20-18(27)11-8-12-19(20)30-21/h6-7,9-10,14H,8,11-13H2,1-5H3/t14-/m1/s1. The van der Waals surface area contributed by atoms with Crippen LogP contribution < -0.4 is 9.80 Å². The Balaban J connectivity index is 1.72. The molecule has 1 aliphatic carbocycles. The molecule has 0 bridgehead atoms. The fourth-order valence-corrected chi connectivity index (χ4v) is 4.34. The lowest BCUT2D eigenvalue weighted by Gasteiger charge is -2.41. The molecule has 1 aromatic heterocycles. The maximum Gasteiger partial charge on any atom is 0.414 e. The molecule has 0 saturated carbocycles. The molecule has 164 valence electrons. The Labute approximate surface area is 181 Å². The molecule has 0 unspecified atom stereocenters. The van der Waals surface area contributed by atoms with E-state index in [0.29, 0.717) is 41.1 Å². The number of hydrogen-bond donors (Lipinski definition) is 0. The highest BCUT2D eigenvalue weighted by Crippen LogP contribution is 2.38. The molecule has 0 N–H and O–H groups in total. The Morgan fingerprint density at radius 3 is 2.45 bits per heavy atom. The van der Waals surface area contributed by atoms with E-state index >= 15 is 0 Å². The topological polar surface area (TPSA) is 80.1 Å². The molecule has 0 saturated heterocycles. The molecule has 0 spiro atoms. The number of rotatable bonds is 1. The summed E-state index contributed by atoms with van der Waals surface area (Å²) in [5, 5.41) is 0. The van der Waals surface area contributed by atoms with Crippen molar-refractivity contribution < 1.29 is 23.5 Å². The second-order valence-electron chi connectivity index (χ2n) is 9.23. The zero-order valence-corrected chi connectivity index (χ0v) is 18.7. The Morgan fingerprint density at radius 2 is 1.81 bits per heavy atom. The number of para-hydroxylation sites is 2. The summed E-state index contributed by atoms with van der Waals surface area (Å²) in [5.74, 6) is 0.534. The van der Waals surface area contributed by atoms with Crippen molar-refractivity contribution in [2.24, 2.45) is 0 Å². The van der Waals surface area contributed by atoms with Gasteiger partial charge in [0.15, 0.2) is 11.5 Å². The van der Waals surface area contributed by atoms with Crippen molar-refractivity contribution in [3.05, 3.63) is 46.9 Å². The van der Waals surface area contributed by atoms with Gasteiger partial charge in [0, 0.05) is 24.9 Å². The fourth-order valence-electron chi connectivity index (χ4n) is 4.34. The third-order valence-electron chi connectivity index (χ3n) is 5.65. The first-order chi connectivity index (χ1) is 14.6. The maximum absolute atomic E-state index is 13.6. The molecule has 31 heavy (non-hydrogen) atoms. The summed E-state index contributed by atoms with van der Waals surface area (Å²) < 4.78 is 11.5. The second-order valence-corrected chi connectivity index (χ2v) is 9.23. The third-order valence-corrected chi connectivity index (χ3v) is 5.65. The SMILES string of the molecule is Cc1c(C(=O)N2c3ccccc3N(C(=O)OC(C)(C)C)C[C@H]2C)oc2c1C(=O)CCC2. The minimum Gasteiger partial charge on any atom is -0.455 e. The largest absolute Gasteiger partial charge is 0.455 e. The second kappa shape index (κ2) is 7.55. The number of carbonyl (C=O) groups is 3. The first-order valence-electron chi connectivity index (χ1n) is 10.7. The van der Waals surface area contributed by atoms with Crippen molar-refractivity contribution in [3.63, 3.8) is 0 Å². The number of ether oxygens (including phenoxy) is 1. The molecule has 2 aliphatic rings. The molecule has 1 aliphatic heterocycles. The van der Waals surface area contributed by atoms with E-state index in [1.54, 1.807) is 22.8 Å². The van der Waals surface area contributed by atoms with Crippen molar-refractivity contribution in [1.82, 2.24) is 0 Å². The highest BCUT2D eigenvalue weighted by Gasteiger charge is 2.39. The number of Topliss-reactive ketones (excluding diaryl/α,β-unsaturated/α-hetero) is 1. The van der Waals surface area contributed by atoms with E-state index < -0.39 is 11.7 Å². The number of nitrogens with zero attached hydrogens (tertiary/aromatic N) is 2. The normalized spacial score (nSPS) is 18.5. The number of furan rings is 1. The van der Waals surface area contributed by atoms with Crippen molar-refractivity contribution in [2.45, 2.75) is 65.5 Å². The van der Waals surface area contributed by atoms with Crippen LogP contribution in [0.15, 0.2) is 28.7 Å². The third kappa shape index (κ3) is 3.73. The molecule has 2 aromatic rings. The number of benzene rings is 1. The van der Waals surface area contributed by atoms with Crippen LogP contribution >= 0.6 is 0 Å². The van der Waals surface area contributed by atoms with Crippen LogP contribution in [0.4, 0.5) is 16.2 Å². The van der Waals surface area contributed by atoms with E-state index in [-0.39, 0.29) is 30.0 Å². The summed E-state index contributed by atoms with van der Waals surface area (Å²) in [6.07, 6.45) is 1.43. The molecule has 1 aromatic carbocycles. The molecular formula is C24H28N2O5. The Morgan fingerprint density at radius 1 is 1.13 bits per heavy atom. The van der Waals surface area contributed by atoms with Crippen molar-refractivity contribution >= 4 is 29.2 Å². The van der Waals surface area contributed by atoms with E-state index in [0.717, 1.165) is 6.42 Å². The van der Waals surface area contributed by atoms with E-state index in [1.807, 2.05) is 45.9 Å². The van der Waals surface area contributed by atoms with Crippen LogP contribution in [-0.2, 0) is 11.2 Å². The molecule has 7 nitrogen and oxygen atoms in total. The highest BCUT2D eigenvalue weighted by molar-refractivity contribution is 6.11. The van der Waals surface area contributed by atoms with Gasteiger partial charge in [-0.25, -0.2) is 4.79 Å². The lowest BCUT2D eigenvalue weighted by molar-refractivity contribution is 0.0574. The zero-order chi connectivity index (χ0) is 22.5. The summed E-state index contributed by atoms with van der Waals surface area (Å²) in [5.41, 5.74) is 1.75. The lowest BCUT2D eigenvalue weighted by atomic mass is 9.94. The van der Waals surface area contributed by atoms with E-state index in [4.69, 9.17) is 9.15 Å². The first-order valence-corrected chi connectivity index (χ1v) is 10.7. The van der Waals surface area contributed by atoms with Gasteiger partial charge in [0.25, 0.3) is 5.91 Å². The minimum absolute atomic E-state index is 0.0322. The van der Waals surface area contributed by atoms with Gasteiger partial charge in [0.05, 0.1) is 23.0 Å². The van der Waals surface area contributed by atoms with Gasteiger partial charge in [-0.05, 0) is 53.2 Å². The monoisotopic (exact) mass is 424 g/mol. The highest BCUT2D eigenvalue weighted by atomic mass is 16.6. The summed E-state index contributed by atoms with van der Waals surface area (Å²) in [4.78, 5) is 42.0. The molecule has 4 rings (SSSR count). The average molecular weight is 424 g/mol. The molecule has 0 radical (unpaired) electrons. The van der Waals surface area contributed by atoms with Crippen molar-refractivity contribution in [3.8, 4) is 0 Å². The van der Waals surface area contributed by atoms with Gasteiger partial charge in [-0.1, -0.05) is 12.1 Å². The lowest BCUT2D eigenvalue weighted by Crippen LogP contribution is -2.52. The molecule has 1 atom stereocenters. The summed E-state index contributed by atoms with van der Waals surface area (Å²) in [6, 6.07) is 6.95. The van der Waals surface area contributed by atoms with E-state index in [2.05, 4.69) is 0 Å². The first kappa shape index (κ1) is 21.2. The van der Waals surface area contributed by atoms with Gasteiger partial charge >= 0.3 is 6.09 Å². The molecular weight excluding hydrogens is 396 g/mol. The van der Waals surface area contributed by atoms with E-state index in [9.17, 15) is 14.4 Å². The average Bonchev–Trinajstić information content (AvgIpc) is 3.03. The zero-order valence-electron chi connectivity index (χ0n) is 18.7. The number of aryl methyl sites for hydroxylation is 1. The van der Waals surface area contributed by atoms with Crippen LogP contribution in [0.25, 0.3) is 0 Å². The smallest absolute Gasteiger partial charge is 0.414 e. The Kier molecular flexibility index (Phi) is 5.15. The van der Waals surface area contributed by atoms with E-state index in [1.165, 1.54) is 0 Å². The number of anilines is 2. The Bertz CT molecular complexity index is 1060. The number of hydrogen-bond acceptors (Lipinski definition) is 5. The van der Waals surface area contributed by atoms with Crippen LogP contribution in [0.3, 0.4) is 0 Å². The van der Waals surface area contributed by atoms with Gasteiger partial charge in [0.1, 0.15) is 11.4 Å². The number of amides is 2. The van der Waals surface area contributed by atoms with Gasteiger partial charge in [0.2, 0.25) is 0 Å². The van der Waals surface area contributed by atoms with Crippen LogP contribution in [0.5, 0.6) is 0 Å². The van der Waals surface area contributed by atoms with Crippen LogP contribution in [0, 0.1) is 6.92 Å². The number of carbonyl (C=O) groups excluding carboxylic acids is 3. The Hall–Kier alpha value is -3.09. The van der Waals surface area contributed by atoms with Gasteiger partial charge in [-0.15, -0.1) is 0 Å². The quantitative estimate of drug-likeness (QED) is 0.651. The minimum atomic E-state index is -0.626. The van der Waals surface area contributed by atoms with Gasteiger partial charge in [-0.2, -0.15) is 0 Å². The number of ketones is 1. The predicted molar refractivity (Wildman–Crippen MR) is 117 cm³/mol. The fraction of sp³-hybridized carbons (Fsp3) is 0.458. The van der Waals surface area contributed by atoms with Crippen LogP contribution in [0.1, 0.15) is 72.8 Å². The van der Waals surface area contributed by atoms with Crippen molar-refractivity contribution in [1.29, 1.82) is 0 Å². The summed E-state index contributed by atoms with van der Waals surface area (Å²) in [7, 11) is 0. The molecule has 7 heteroatoms. The van der Waals surface area contributed by atoms with Crippen LogP contribution in [-0.4, -0.2) is 36.0 Å². The number of fused-ring (bicyclic) bond motifs is 2. The molecule has 2 heterocycles. The van der Waals surface area contributed by atoms with Crippen molar-refractivity contribution in [2.75, 3.05) is 16.3 Å². The molecule has 2 amide bonds. The summed E-state index contributed by atoms with van der Waals surface area (Å²) in [6.45, 7) is 9.41. The molecule has 0 fully saturated rings. The predicted octanol–water partition coefficient (Wildman–Crippen LogP) is 4.90. The van der Waals surface area contributed by atoms with Crippen LogP contribution in [0.2, 0.25) is 0 Å². The maximum atomic E-state index is 13.6. The van der Waals surface area contributed by atoms with Gasteiger partial charge in [-0.3, -0.25) is 19.4 Å². The van der Waals surface area contributed by atoms with Gasteiger partial charge < -0.3 is 9.15 Å². The summed E-state index contributed by atoms with van der Waals surface area (Å²) >= 11 is 0.